The van der Waals surface area contributed by atoms with E-state index in [1.807, 2.05) is 13.8 Å². The molecule has 6 nitrogen and oxygen atoms in total. The van der Waals surface area contributed by atoms with Crippen molar-refractivity contribution in [3.63, 3.8) is 0 Å². The van der Waals surface area contributed by atoms with Crippen LogP contribution in [-0.2, 0) is 0 Å². The zero-order valence-corrected chi connectivity index (χ0v) is 6.94. The second-order valence-electron chi connectivity index (χ2n) is 2.34. The van der Waals surface area contributed by atoms with Crippen LogP contribution < -0.4 is 11.2 Å². The molecule has 0 fully saturated rings. The molecule has 0 atom stereocenters. The Balaban J connectivity index is 2.70. The van der Waals surface area contributed by atoms with Crippen molar-refractivity contribution >= 4 is 17.6 Å². The Morgan fingerprint density at radius 3 is 2.83 bits per heavy atom. The number of hydrazone groups is 1. The number of hydrogen-bond donors (Lipinski definition) is 2. The van der Waals surface area contributed by atoms with E-state index in [0.717, 1.165) is 5.71 Å². The molecule has 64 valence electrons. The van der Waals surface area contributed by atoms with Crippen LogP contribution in [-0.4, -0.2) is 20.7 Å². The van der Waals surface area contributed by atoms with Crippen LogP contribution >= 0.6 is 0 Å². The Morgan fingerprint density at radius 2 is 2.25 bits per heavy atom. The Bertz CT molecular complexity index is 290. The molecule has 0 spiro atoms. The van der Waals surface area contributed by atoms with E-state index in [1.165, 1.54) is 6.33 Å². The molecule has 0 saturated heterocycles. The molecule has 0 aliphatic rings. The molecule has 0 amide bonds. The third kappa shape index (κ3) is 2.49. The summed E-state index contributed by atoms with van der Waals surface area (Å²) in [5, 5.41) is 3.89. The lowest BCUT2D eigenvalue weighted by Gasteiger charge is -1.97. The summed E-state index contributed by atoms with van der Waals surface area (Å²) in [5.41, 5.74) is 8.83. The first-order valence-electron chi connectivity index (χ1n) is 3.40. The van der Waals surface area contributed by atoms with E-state index in [-0.39, 0.29) is 5.95 Å². The SMILES string of the molecule is CC(C)=NNc1ncnc(N)n1. The Kier molecular flexibility index (Phi) is 2.52. The maximum absolute atomic E-state index is 5.31. The molecule has 0 aliphatic heterocycles. The predicted octanol–water partition coefficient (Wildman–Crippen LogP) is 0.262. The fourth-order valence-electron chi connectivity index (χ4n) is 0.525. The van der Waals surface area contributed by atoms with Crippen LogP contribution in [0.3, 0.4) is 0 Å². The minimum Gasteiger partial charge on any atom is -0.368 e. The fourth-order valence-corrected chi connectivity index (χ4v) is 0.525. The highest BCUT2D eigenvalue weighted by Crippen LogP contribution is 1.96. The molecule has 0 saturated carbocycles. The van der Waals surface area contributed by atoms with Crippen molar-refractivity contribution in [1.82, 2.24) is 15.0 Å². The molecular formula is C6H10N6. The van der Waals surface area contributed by atoms with Gasteiger partial charge in [0.2, 0.25) is 11.9 Å². The number of rotatable bonds is 2. The van der Waals surface area contributed by atoms with E-state index in [0.29, 0.717) is 5.95 Å². The molecule has 0 unspecified atom stereocenters. The van der Waals surface area contributed by atoms with Gasteiger partial charge < -0.3 is 5.73 Å². The summed E-state index contributed by atoms with van der Waals surface area (Å²) in [6, 6.07) is 0. The average molecular weight is 166 g/mol. The summed E-state index contributed by atoms with van der Waals surface area (Å²) < 4.78 is 0. The molecule has 0 radical (unpaired) electrons. The van der Waals surface area contributed by atoms with Crippen LogP contribution in [0.2, 0.25) is 0 Å². The number of anilines is 2. The molecule has 12 heavy (non-hydrogen) atoms. The largest absolute Gasteiger partial charge is 0.368 e. The lowest BCUT2D eigenvalue weighted by Crippen LogP contribution is -2.02. The smallest absolute Gasteiger partial charge is 0.248 e. The zero-order valence-electron chi connectivity index (χ0n) is 6.94. The molecule has 1 heterocycles. The maximum Gasteiger partial charge on any atom is 0.248 e. The van der Waals surface area contributed by atoms with Crippen LogP contribution in [0.1, 0.15) is 13.8 Å². The first-order chi connectivity index (χ1) is 5.68. The summed E-state index contributed by atoms with van der Waals surface area (Å²) >= 11 is 0. The lowest BCUT2D eigenvalue weighted by atomic mass is 10.5. The molecule has 6 heteroatoms. The molecule has 3 N–H and O–H groups in total. The standard InChI is InChI=1S/C6H10N6/c1-4(2)11-12-6-9-3-8-5(7)10-6/h3H,1-2H3,(H3,7,8,9,10,12). The molecule has 1 aromatic heterocycles. The van der Waals surface area contributed by atoms with E-state index < -0.39 is 0 Å². The van der Waals surface area contributed by atoms with E-state index in [4.69, 9.17) is 5.73 Å². The molecule has 1 rings (SSSR count). The van der Waals surface area contributed by atoms with Crippen LogP contribution in [0.5, 0.6) is 0 Å². The Labute approximate surface area is 69.9 Å². The average Bonchev–Trinajstić information content (AvgIpc) is 2.01. The minimum absolute atomic E-state index is 0.177. The van der Waals surface area contributed by atoms with Crippen LogP contribution in [0.25, 0.3) is 0 Å². The Hall–Kier alpha value is -1.72. The molecular weight excluding hydrogens is 156 g/mol. The van der Waals surface area contributed by atoms with Gasteiger partial charge in [0.05, 0.1) is 0 Å². The number of nitrogens with one attached hydrogen (secondary N) is 1. The normalized spacial score (nSPS) is 9.17. The first kappa shape index (κ1) is 8.38. The summed E-state index contributed by atoms with van der Waals surface area (Å²) in [4.78, 5) is 11.2. The van der Waals surface area contributed by atoms with Crippen molar-refractivity contribution in [1.29, 1.82) is 0 Å². The lowest BCUT2D eigenvalue weighted by molar-refractivity contribution is 1.04. The number of aromatic nitrogens is 3. The summed E-state index contributed by atoms with van der Waals surface area (Å²) in [6.45, 7) is 3.72. The van der Waals surface area contributed by atoms with Gasteiger partial charge in [-0.3, -0.25) is 0 Å². The van der Waals surface area contributed by atoms with Crippen LogP contribution in [0, 0.1) is 0 Å². The van der Waals surface area contributed by atoms with Gasteiger partial charge in [-0.2, -0.15) is 15.1 Å². The zero-order chi connectivity index (χ0) is 8.97. The van der Waals surface area contributed by atoms with Gasteiger partial charge in [0, 0.05) is 5.71 Å². The number of nitrogen functional groups attached to an aromatic ring is 1. The van der Waals surface area contributed by atoms with Crippen molar-refractivity contribution in [3.05, 3.63) is 6.33 Å². The van der Waals surface area contributed by atoms with Gasteiger partial charge in [-0.1, -0.05) is 0 Å². The van der Waals surface area contributed by atoms with Gasteiger partial charge in [-0.05, 0) is 13.8 Å². The first-order valence-corrected chi connectivity index (χ1v) is 3.40. The highest BCUT2D eigenvalue weighted by atomic mass is 15.4. The molecule has 0 aromatic carbocycles. The van der Waals surface area contributed by atoms with Gasteiger partial charge in [0.1, 0.15) is 6.33 Å². The number of nitrogens with zero attached hydrogens (tertiary/aromatic N) is 4. The summed E-state index contributed by atoms with van der Waals surface area (Å²) in [6.07, 6.45) is 1.32. The number of nitrogens with two attached hydrogens (primary N) is 1. The van der Waals surface area contributed by atoms with E-state index >= 15 is 0 Å². The van der Waals surface area contributed by atoms with Crippen molar-refractivity contribution < 1.29 is 0 Å². The van der Waals surface area contributed by atoms with Crippen molar-refractivity contribution in [2.75, 3.05) is 11.2 Å². The van der Waals surface area contributed by atoms with Gasteiger partial charge >= 0.3 is 0 Å². The van der Waals surface area contributed by atoms with Gasteiger partial charge in [-0.25, -0.2) is 10.4 Å². The second-order valence-corrected chi connectivity index (χ2v) is 2.34. The van der Waals surface area contributed by atoms with Crippen molar-refractivity contribution in [3.8, 4) is 0 Å². The highest BCUT2D eigenvalue weighted by Gasteiger charge is 1.93. The van der Waals surface area contributed by atoms with Gasteiger partial charge in [0.15, 0.2) is 0 Å². The van der Waals surface area contributed by atoms with Crippen LogP contribution in [0.4, 0.5) is 11.9 Å². The van der Waals surface area contributed by atoms with Crippen LogP contribution in [0.15, 0.2) is 11.4 Å². The monoisotopic (exact) mass is 166 g/mol. The van der Waals surface area contributed by atoms with Gasteiger partial charge in [0.25, 0.3) is 0 Å². The van der Waals surface area contributed by atoms with E-state index in [1.54, 1.807) is 0 Å². The highest BCUT2D eigenvalue weighted by molar-refractivity contribution is 5.79. The summed E-state index contributed by atoms with van der Waals surface area (Å²) in [7, 11) is 0. The van der Waals surface area contributed by atoms with Crippen molar-refractivity contribution in [2.45, 2.75) is 13.8 Å². The predicted molar refractivity (Wildman–Crippen MR) is 46.6 cm³/mol. The number of hydrogen-bond acceptors (Lipinski definition) is 6. The van der Waals surface area contributed by atoms with E-state index in [9.17, 15) is 0 Å². The fraction of sp³-hybridized carbons (Fsp3) is 0.333. The second kappa shape index (κ2) is 3.61. The minimum atomic E-state index is 0.177. The molecule has 0 bridgehead atoms. The third-order valence-electron chi connectivity index (χ3n) is 0.970. The Morgan fingerprint density at radius 1 is 1.50 bits per heavy atom. The topological polar surface area (TPSA) is 89.1 Å². The third-order valence-corrected chi connectivity index (χ3v) is 0.970. The van der Waals surface area contributed by atoms with Crippen molar-refractivity contribution in [2.24, 2.45) is 5.10 Å². The van der Waals surface area contributed by atoms with Gasteiger partial charge in [-0.15, -0.1) is 0 Å². The quantitative estimate of drug-likeness (QED) is 0.486. The summed E-state index contributed by atoms with van der Waals surface area (Å²) in [5.74, 6) is 0.528. The van der Waals surface area contributed by atoms with E-state index in [2.05, 4.69) is 25.5 Å². The molecule has 1 aromatic rings. The maximum atomic E-state index is 5.31. The molecule has 0 aliphatic carbocycles.